The summed E-state index contributed by atoms with van der Waals surface area (Å²) in [4.78, 5) is 9.04. The predicted molar refractivity (Wildman–Crippen MR) is 102 cm³/mol. The monoisotopic (exact) mass is 346 g/mol. The lowest BCUT2D eigenvalue weighted by molar-refractivity contribution is 0.627. The van der Waals surface area contributed by atoms with Gasteiger partial charge < -0.3 is 5.32 Å². The van der Waals surface area contributed by atoms with Crippen molar-refractivity contribution in [2.75, 3.05) is 5.32 Å². The molecule has 1 N–H and O–H groups in total. The third-order valence-electron chi connectivity index (χ3n) is 4.41. The number of imidazole rings is 1. The van der Waals surface area contributed by atoms with E-state index in [0.717, 1.165) is 29.1 Å². The highest BCUT2D eigenvalue weighted by Crippen LogP contribution is 2.29. The first-order chi connectivity index (χ1) is 12.7. The van der Waals surface area contributed by atoms with Crippen molar-refractivity contribution in [3.8, 4) is 11.3 Å². The van der Waals surface area contributed by atoms with E-state index in [1.54, 1.807) is 18.3 Å². The Labute approximate surface area is 151 Å². The summed E-state index contributed by atoms with van der Waals surface area (Å²) in [5, 5.41) is 3.44. The standard InChI is InChI=1S/C21H19FN4/c1-2-15-4-8-17(9-5-15)19-20(26-13-3-12-23-21(26)25-19)24-14-16-6-10-18(22)11-7-16/h3-13,24H,2,14H2,1H3. The van der Waals surface area contributed by atoms with Gasteiger partial charge in [-0.1, -0.05) is 43.3 Å². The fraction of sp³-hybridized carbons (Fsp3) is 0.143. The van der Waals surface area contributed by atoms with Gasteiger partial charge in [-0.2, -0.15) is 0 Å². The van der Waals surface area contributed by atoms with E-state index in [1.807, 2.05) is 16.7 Å². The Morgan fingerprint density at radius 1 is 1.00 bits per heavy atom. The Morgan fingerprint density at radius 2 is 1.73 bits per heavy atom. The molecule has 0 aliphatic heterocycles. The van der Waals surface area contributed by atoms with Gasteiger partial charge in [0.15, 0.2) is 0 Å². The number of nitrogens with zero attached hydrogens (tertiary/aromatic N) is 3. The highest BCUT2D eigenvalue weighted by atomic mass is 19.1. The highest BCUT2D eigenvalue weighted by molar-refractivity contribution is 5.75. The summed E-state index contributed by atoms with van der Waals surface area (Å²) in [6.07, 6.45) is 4.67. The van der Waals surface area contributed by atoms with Gasteiger partial charge in [0.05, 0.1) is 0 Å². The third-order valence-corrected chi connectivity index (χ3v) is 4.41. The fourth-order valence-electron chi connectivity index (χ4n) is 2.94. The first-order valence-corrected chi connectivity index (χ1v) is 8.65. The molecule has 5 heteroatoms. The quantitative estimate of drug-likeness (QED) is 0.569. The fourth-order valence-corrected chi connectivity index (χ4v) is 2.94. The van der Waals surface area contributed by atoms with Crippen LogP contribution in [0.3, 0.4) is 0 Å². The van der Waals surface area contributed by atoms with Crippen molar-refractivity contribution in [1.82, 2.24) is 14.4 Å². The number of halogens is 1. The Balaban J connectivity index is 1.72. The minimum Gasteiger partial charge on any atom is -0.365 e. The summed E-state index contributed by atoms with van der Waals surface area (Å²) in [6, 6.07) is 16.8. The van der Waals surface area contributed by atoms with Crippen molar-refractivity contribution in [2.45, 2.75) is 19.9 Å². The van der Waals surface area contributed by atoms with Gasteiger partial charge >= 0.3 is 0 Å². The lowest BCUT2D eigenvalue weighted by Gasteiger charge is -2.09. The molecule has 0 aliphatic rings. The molecule has 4 nitrogen and oxygen atoms in total. The number of rotatable bonds is 5. The van der Waals surface area contributed by atoms with Crippen LogP contribution < -0.4 is 5.32 Å². The van der Waals surface area contributed by atoms with Crippen molar-refractivity contribution in [1.29, 1.82) is 0 Å². The Hall–Kier alpha value is -3.21. The molecule has 2 aromatic carbocycles. The van der Waals surface area contributed by atoms with Gasteiger partial charge in [-0.05, 0) is 35.7 Å². The smallest absolute Gasteiger partial charge is 0.235 e. The van der Waals surface area contributed by atoms with Crippen LogP contribution in [0.5, 0.6) is 0 Å². The van der Waals surface area contributed by atoms with Gasteiger partial charge in [0.25, 0.3) is 0 Å². The highest BCUT2D eigenvalue weighted by Gasteiger charge is 2.14. The Kier molecular flexibility index (Phi) is 4.35. The van der Waals surface area contributed by atoms with Gasteiger partial charge in [0.2, 0.25) is 5.78 Å². The SMILES string of the molecule is CCc1ccc(-c2nc3ncccn3c2NCc2ccc(F)cc2)cc1. The van der Waals surface area contributed by atoms with E-state index in [2.05, 4.69) is 41.5 Å². The van der Waals surface area contributed by atoms with E-state index >= 15 is 0 Å². The van der Waals surface area contributed by atoms with E-state index in [0.29, 0.717) is 12.3 Å². The number of nitrogens with one attached hydrogen (secondary N) is 1. The maximum absolute atomic E-state index is 13.1. The summed E-state index contributed by atoms with van der Waals surface area (Å²) in [7, 11) is 0. The summed E-state index contributed by atoms with van der Waals surface area (Å²) in [5.74, 6) is 1.29. The molecule has 4 aromatic rings. The molecule has 130 valence electrons. The minimum atomic E-state index is -0.232. The number of aromatic nitrogens is 3. The first-order valence-electron chi connectivity index (χ1n) is 8.65. The van der Waals surface area contributed by atoms with Crippen molar-refractivity contribution < 1.29 is 4.39 Å². The third kappa shape index (κ3) is 3.16. The van der Waals surface area contributed by atoms with Crippen LogP contribution in [0.4, 0.5) is 10.2 Å². The second-order valence-corrected chi connectivity index (χ2v) is 6.13. The largest absolute Gasteiger partial charge is 0.365 e. The van der Waals surface area contributed by atoms with E-state index in [4.69, 9.17) is 4.98 Å². The maximum Gasteiger partial charge on any atom is 0.235 e. The summed E-state index contributed by atoms with van der Waals surface area (Å²) in [6.45, 7) is 2.71. The molecular formula is C21H19FN4. The maximum atomic E-state index is 13.1. The van der Waals surface area contributed by atoms with Gasteiger partial charge in [-0.15, -0.1) is 0 Å². The molecule has 0 saturated heterocycles. The van der Waals surface area contributed by atoms with Crippen molar-refractivity contribution in [3.05, 3.63) is 83.9 Å². The second kappa shape index (κ2) is 6.96. The molecule has 2 aromatic heterocycles. The van der Waals surface area contributed by atoms with Crippen molar-refractivity contribution in [2.24, 2.45) is 0 Å². The van der Waals surface area contributed by atoms with E-state index in [9.17, 15) is 4.39 Å². The minimum absolute atomic E-state index is 0.232. The molecule has 0 radical (unpaired) electrons. The van der Waals surface area contributed by atoms with Crippen LogP contribution in [-0.2, 0) is 13.0 Å². The molecule has 0 unspecified atom stereocenters. The second-order valence-electron chi connectivity index (χ2n) is 6.13. The molecule has 0 amide bonds. The lowest BCUT2D eigenvalue weighted by atomic mass is 10.1. The molecule has 4 rings (SSSR count). The van der Waals surface area contributed by atoms with Crippen LogP contribution in [0.25, 0.3) is 17.0 Å². The molecule has 0 atom stereocenters. The molecule has 0 spiro atoms. The molecule has 2 heterocycles. The zero-order chi connectivity index (χ0) is 17.9. The van der Waals surface area contributed by atoms with E-state index in [1.165, 1.54) is 17.7 Å². The number of aryl methyl sites for hydroxylation is 1. The Morgan fingerprint density at radius 3 is 2.46 bits per heavy atom. The van der Waals surface area contributed by atoms with Gasteiger partial charge in [0.1, 0.15) is 17.3 Å². The van der Waals surface area contributed by atoms with Crippen LogP contribution >= 0.6 is 0 Å². The van der Waals surface area contributed by atoms with E-state index in [-0.39, 0.29) is 5.82 Å². The van der Waals surface area contributed by atoms with Gasteiger partial charge in [-0.3, -0.25) is 4.40 Å². The number of benzene rings is 2. The normalized spacial score (nSPS) is 11.0. The number of hydrogen-bond donors (Lipinski definition) is 1. The van der Waals surface area contributed by atoms with Gasteiger partial charge in [-0.25, -0.2) is 14.4 Å². The van der Waals surface area contributed by atoms with E-state index < -0.39 is 0 Å². The van der Waals surface area contributed by atoms with Crippen LogP contribution in [-0.4, -0.2) is 14.4 Å². The van der Waals surface area contributed by atoms with Crippen LogP contribution in [0.15, 0.2) is 67.0 Å². The van der Waals surface area contributed by atoms with Crippen molar-refractivity contribution in [3.63, 3.8) is 0 Å². The topological polar surface area (TPSA) is 42.2 Å². The molecule has 0 aliphatic carbocycles. The van der Waals surface area contributed by atoms with Crippen molar-refractivity contribution >= 4 is 11.6 Å². The average molecular weight is 346 g/mol. The zero-order valence-corrected chi connectivity index (χ0v) is 14.5. The molecular weight excluding hydrogens is 327 g/mol. The molecule has 26 heavy (non-hydrogen) atoms. The summed E-state index contributed by atoms with van der Waals surface area (Å²) < 4.78 is 15.1. The summed E-state index contributed by atoms with van der Waals surface area (Å²) >= 11 is 0. The average Bonchev–Trinajstić information content (AvgIpc) is 3.06. The van der Waals surface area contributed by atoms with Crippen LogP contribution in [0.1, 0.15) is 18.1 Å². The number of hydrogen-bond acceptors (Lipinski definition) is 3. The van der Waals surface area contributed by atoms with Gasteiger partial charge in [0, 0.05) is 24.5 Å². The molecule has 0 fully saturated rings. The number of fused-ring (bicyclic) bond motifs is 1. The predicted octanol–water partition coefficient (Wildman–Crippen LogP) is 4.71. The Bertz CT molecular complexity index is 1020. The number of anilines is 1. The molecule has 0 bridgehead atoms. The molecule has 0 saturated carbocycles. The van der Waals surface area contributed by atoms with Crippen LogP contribution in [0, 0.1) is 5.82 Å². The van der Waals surface area contributed by atoms with Crippen LogP contribution in [0.2, 0.25) is 0 Å². The lowest BCUT2D eigenvalue weighted by Crippen LogP contribution is -2.03. The first kappa shape index (κ1) is 16.3. The zero-order valence-electron chi connectivity index (χ0n) is 14.5. The summed E-state index contributed by atoms with van der Waals surface area (Å²) in [5.41, 5.74) is 4.18.